The Labute approximate surface area is 128 Å². The van der Waals surface area contributed by atoms with Crippen molar-refractivity contribution in [1.82, 2.24) is 0 Å². The summed E-state index contributed by atoms with van der Waals surface area (Å²) in [5.74, 6) is 0. The molecule has 0 radical (unpaired) electrons. The van der Waals surface area contributed by atoms with E-state index in [2.05, 4.69) is 4.72 Å². The Kier molecular flexibility index (Phi) is 4.82. The van der Waals surface area contributed by atoms with E-state index in [-0.39, 0.29) is 4.90 Å². The summed E-state index contributed by atoms with van der Waals surface area (Å²) in [6.45, 7) is 2.41. The van der Waals surface area contributed by atoms with Gasteiger partial charge in [0.15, 0.2) is 0 Å². The van der Waals surface area contributed by atoms with Crippen LogP contribution in [0.5, 0.6) is 0 Å². The topological polar surface area (TPSA) is 89.5 Å². The molecule has 1 N–H and O–H groups in total. The van der Waals surface area contributed by atoms with Crippen molar-refractivity contribution in [2.24, 2.45) is 0 Å². The molecule has 9 heteroatoms. The van der Waals surface area contributed by atoms with E-state index in [0.717, 1.165) is 0 Å². The summed E-state index contributed by atoms with van der Waals surface area (Å²) in [6, 6.07) is 4.13. The molecule has 0 amide bonds. The third-order valence-electron chi connectivity index (χ3n) is 3.30. The first kappa shape index (κ1) is 16.5. The number of ether oxygens (including phenoxy) is 1. The van der Waals surface area contributed by atoms with Crippen molar-refractivity contribution in [3.8, 4) is 0 Å². The van der Waals surface area contributed by atoms with Crippen LogP contribution in [0.25, 0.3) is 0 Å². The molecule has 21 heavy (non-hydrogen) atoms. The summed E-state index contributed by atoms with van der Waals surface area (Å²) in [7, 11) is -2.06. The van der Waals surface area contributed by atoms with E-state index in [1.54, 1.807) is 6.92 Å². The summed E-state index contributed by atoms with van der Waals surface area (Å²) >= 11 is 0. The van der Waals surface area contributed by atoms with E-state index in [4.69, 9.17) is 15.4 Å². The van der Waals surface area contributed by atoms with E-state index < -0.39 is 24.3 Å². The molecule has 1 saturated heterocycles. The standard InChI is InChI=1S/C12H16ClNO5S2/c1-9-8-10(2-3-12(9)20(13,15)16)14-21(17,18)11-4-6-19-7-5-11/h2-3,8,11,14H,4-7H2,1H3. The Balaban J connectivity index is 2.22. The first-order valence-electron chi connectivity index (χ1n) is 6.35. The molecular formula is C12H16ClNO5S2. The number of sulfonamides is 1. The summed E-state index contributed by atoms with van der Waals surface area (Å²) in [5.41, 5.74) is 0.709. The highest BCUT2D eigenvalue weighted by Gasteiger charge is 2.27. The van der Waals surface area contributed by atoms with Gasteiger partial charge in [0, 0.05) is 29.6 Å². The molecule has 1 fully saturated rings. The first-order valence-corrected chi connectivity index (χ1v) is 10.2. The van der Waals surface area contributed by atoms with Crippen molar-refractivity contribution in [2.75, 3.05) is 17.9 Å². The van der Waals surface area contributed by atoms with Crippen molar-refractivity contribution in [3.63, 3.8) is 0 Å². The highest BCUT2D eigenvalue weighted by atomic mass is 35.7. The smallest absolute Gasteiger partial charge is 0.261 e. The van der Waals surface area contributed by atoms with Crippen molar-refractivity contribution in [2.45, 2.75) is 29.9 Å². The maximum atomic E-state index is 12.2. The lowest BCUT2D eigenvalue weighted by molar-refractivity contribution is 0.0984. The van der Waals surface area contributed by atoms with Crippen LogP contribution in [-0.2, 0) is 23.8 Å². The number of anilines is 1. The van der Waals surface area contributed by atoms with Gasteiger partial charge in [0.05, 0.1) is 10.1 Å². The van der Waals surface area contributed by atoms with Crippen LogP contribution in [0.3, 0.4) is 0 Å². The second-order valence-corrected chi connectivity index (χ2v) is 9.37. The fourth-order valence-electron chi connectivity index (χ4n) is 2.22. The molecule has 1 aromatic rings. The van der Waals surface area contributed by atoms with Gasteiger partial charge < -0.3 is 4.74 Å². The first-order chi connectivity index (χ1) is 9.70. The normalized spacial score (nSPS) is 17.6. The lowest BCUT2D eigenvalue weighted by atomic mass is 10.2. The third kappa shape index (κ3) is 4.09. The van der Waals surface area contributed by atoms with Crippen molar-refractivity contribution < 1.29 is 21.6 Å². The fraction of sp³-hybridized carbons (Fsp3) is 0.500. The predicted molar refractivity (Wildman–Crippen MR) is 80.6 cm³/mol. The van der Waals surface area contributed by atoms with Gasteiger partial charge in [-0.15, -0.1) is 0 Å². The zero-order valence-electron chi connectivity index (χ0n) is 11.4. The number of hydrogen-bond acceptors (Lipinski definition) is 5. The Morgan fingerprint density at radius 1 is 1.19 bits per heavy atom. The number of hydrogen-bond donors (Lipinski definition) is 1. The van der Waals surface area contributed by atoms with Gasteiger partial charge in [-0.2, -0.15) is 0 Å². The Morgan fingerprint density at radius 2 is 1.81 bits per heavy atom. The molecule has 0 aromatic heterocycles. The Morgan fingerprint density at radius 3 is 2.33 bits per heavy atom. The second-order valence-electron chi connectivity index (χ2n) is 4.88. The molecule has 1 aliphatic heterocycles. The summed E-state index contributed by atoms with van der Waals surface area (Å²) in [5, 5.41) is -0.497. The average Bonchev–Trinajstić information content (AvgIpc) is 2.37. The lowest BCUT2D eigenvalue weighted by Crippen LogP contribution is -2.33. The molecular weight excluding hydrogens is 338 g/mol. The zero-order valence-corrected chi connectivity index (χ0v) is 13.8. The number of benzene rings is 1. The van der Waals surface area contributed by atoms with Crippen LogP contribution >= 0.6 is 10.7 Å². The van der Waals surface area contributed by atoms with Crippen LogP contribution in [-0.4, -0.2) is 35.3 Å². The largest absolute Gasteiger partial charge is 0.381 e. The van der Waals surface area contributed by atoms with Gasteiger partial charge in [-0.1, -0.05) is 0 Å². The third-order valence-corrected chi connectivity index (χ3v) is 6.66. The van der Waals surface area contributed by atoms with Crippen LogP contribution in [0.1, 0.15) is 18.4 Å². The fourth-order valence-corrected chi connectivity index (χ4v) is 4.85. The second kappa shape index (κ2) is 6.12. The minimum absolute atomic E-state index is 0.0295. The predicted octanol–water partition coefficient (Wildman–Crippen LogP) is 1.84. The van der Waals surface area contributed by atoms with E-state index >= 15 is 0 Å². The van der Waals surface area contributed by atoms with Crippen LogP contribution in [0.15, 0.2) is 23.1 Å². The minimum Gasteiger partial charge on any atom is -0.381 e. The molecule has 0 atom stereocenters. The van der Waals surface area contributed by atoms with Crippen LogP contribution in [0.2, 0.25) is 0 Å². The average molecular weight is 354 g/mol. The zero-order chi connectivity index (χ0) is 15.7. The monoisotopic (exact) mass is 353 g/mol. The van der Waals surface area contributed by atoms with Crippen LogP contribution in [0.4, 0.5) is 5.69 Å². The highest BCUT2D eigenvalue weighted by Crippen LogP contribution is 2.25. The minimum atomic E-state index is -3.84. The summed E-state index contributed by atoms with van der Waals surface area (Å²) in [4.78, 5) is -0.0295. The molecule has 0 saturated carbocycles. The molecule has 1 heterocycles. The van der Waals surface area contributed by atoms with Gasteiger partial charge in [0.25, 0.3) is 9.05 Å². The van der Waals surface area contributed by atoms with Gasteiger partial charge >= 0.3 is 0 Å². The lowest BCUT2D eigenvalue weighted by Gasteiger charge is -2.23. The molecule has 1 aliphatic rings. The number of halogens is 1. The maximum absolute atomic E-state index is 12.2. The van der Waals surface area contributed by atoms with Gasteiger partial charge in [-0.05, 0) is 43.5 Å². The van der Waals surface area contributed by atoms with E-state index in [1.807, 2.05) is 0 Å². The molecule has 0 bridgehead atoms. The molecule has 2 rings (SSSR count). The molecule has 6 nitrogen and oxygen atoms in total. The van der Waals surface area contributed by atoms with Crippen LogP contribution in [0, 0.1) is 6.92 Å². The summed E-state index contributed by atoms with van der Waals surface area (Å²) < 4.78 is 54.7. The molecule has 118 valence electrons. The van der Waals surface area contributed by atoms with Gasteiger partial charge in [0.1, 0.15) is 0 Å². The van der Waals surface area contributed by atoms with Crippen LogP contribution < -0.4 is 4.72 Å². The quantitative estimate of drug-likeness (QED) is 0.834. The highest BCUT2D eigenvalue weighted by molar-refractivity contribution is 8.13. The van der Waals surface area contributed by atoms with Gasteiger partial charge in [-0.25, -0.2) is 16.8 Å². The van der Waals surface area contributed by atoms with Crippen molar-refractivity contribution >= 4 is 35.4 Å². The van der Waals surface area contributed by atoms with E-state index in [0.29, 0.717) is 37.3 Å². The van der Waals surface area contributed by atoms with Gasteiger partial charge in [0.2, 0.25) is 10.0 Å². The van der Waals surface area contributed by atoms with Gasteiger partial charge in [-0.3, -0.25) is 4.72 Å². The SMILES string of the molecule is Cc1cc(NS(=O)(=O)C2CCOCC2)ccc1S(=O)(=O)Cl. The number of nitrogens with one attached hydrogen (secondary N) is 1. The maximum Gasteiger partial charge on any atom is 0.261 e. The Hall–Kier alpha value is -0.830. The molecule has 0 spiro atoms. The van der Waals surface area contributed by atoms with Crippen molar-refractivity contribution in [3.05, 3.63) is 23.8 Å². The molecule has 0 unspecified atom stereocenters. The number of rotatable bonds is 4. The number of aryl methyl sites for hydroxylation is 1. The Bertz CT molecular complexity index is 724. The van der Waals surface area contributed by atoms with Crippen molar-refractivity contribution in [1.29, 1.82) is 0 Å². The van der Waals surface area contributed by atoms with E-state index in [9.17, 15) is 16.8 Å². The molecule has 1 aromatic carbocycles. The summed E-state index contributed by atoms with van der Waals surface area (Å²) in [6.07, 6.45) is 0.894. The van der Waals surface area contributed by atoms with E-state index in [1.165, 1.54) is 18.2 Å². The molecule has 0 aliphatic carbocycles.